The molecule has 0 atom stereocenters. The van der Waals surface area contributed by atoms with E-state index in [1.807, 2.05) is 0 Å². The first-order valence-corrected chi connectivity index (χ1v) is 3.82. The van der Waals surface area contributed by atoms with E-state index in [0.717, 1.165) is 12.3 Å². The molecule has 1 aromatic rings. The minimum Gasteiger partial charge on any atom is -0.417 e. The normalized spacial score (nSPS) is 10.5. The van der Waals surface area contributed by atoms with E-state index in [0.29, 0.717) is 0 Å². The Labute approximate surface area is 77.3 Å². The summed E-state index contributed by atoms with van der Waals surface area (Å²) in [6, 6.07) is 0.998. The van der Waals surface area contributed by atoms with Crippen molar-refractivity contribution in [3.05, 3.63) is 23.6 Å². The van der Waals surface area contributed by atoms with Gasteiger partial charge in [-0.3, -0.25) is 0 Å². The summed E-state index contributed by atoms with van der Waals surface area (Å²) in [6.07, 6.45) is 0.785. The number of aromatic nitrogens is 1. The zero-order valence-electron chi connectivity index (χ0n) is 6.31. The van der Waals surface area contributed by atoms with Crippen molar-refractivity contribution in [2.45, 2.75) is 12.5 Å². The Morgan fingerprint density at radius 1 is 1.54 bits per heavy atom. The molecular formula is C7H5ClF3NO. The zero-order valence-corrected chi connectivity index (χ0v) is 7.06. The van der Waals surface area contributed by atoms with E-state index < -0.39 is 12.4 Å². The highest BCUT2D eigenvalue weighted by atomic mass is 35.5. The molecular weight excluding hydrogens is 207 g/mol. The molecule has 0 aromatic carbocycles. The van der Waals surface area contributed by atoms with E-state index in [9.17, 15) is 13.2 Å². The minimum atomic E-state index is -2.99. The Balaban J connectivity index is 2.92. The molecule has 1 rings (SSSR count). The molecule has 0 unspecified atom stereocenters. The van der Waals surface area contributed by atoms with Gasteiger partial charge < -0.3 is 4.74 Å². The van der Waals surface area contributed by atoms with Crippen molar-refractivity contribution in [2.75, 3.05) is 0 Å². The topological polar surface area (TPSA) is 22.1 Å². The molecule has 0 spiro atoms. The van der Waals surface area contributed by atoms with Crippen molar-refractivity contribution in [2.24, 2.45) is 0 Å². The summed E-state index contributed by atoms with van der Waals surface area (Å²) in [5, 5.41) is 0. The lowest BCUT2D eigenvalue weighted by Gasteiger charge is -2.06. The van der Waals surface area contributed by atoms with Gasteiger partial charge in [0.15, 0.2) is 0 Å². The number of pyridine rings is 1. The summed E-state index contributed by atoms with van der Waals surface area (Å²) in [5.41, 5.74) is 0.0990. The quantitative estimate of drug-likeness (QED) is 0.717. The lowest BCUT2D eigenvalue weighted by Crippen LogP contribution is -2.06. The van der Waals surface area contributed by atoms with E-state index in [4.69, 9.17) is 11.6 Å². The Morgan fingerprint density at radius 3 is 2.77 bits per heavy atom. The second-order valence-corrected chi connectivity index (χ2v) is 2.40. The molecule has 0 radical (unpaired) electrons. The summed E-state index contributed by atoms with van der Waals surface area (Å²) in [5.74, 6) is -1.11. The van der Waals surface area contributed by atoms with Gasteiger partial charge in [0.25, 0.3) is 0 Å². The number of ether oxygens (including phenoxy) is 1. The summed E-state index contributed by atoms with van der Waals surface area (Å²) < 4.78 is 40.0. The summed E-state index contributed by atoms with van der Waals surface area (Å²) in [7, 11) is 0. The first kappa shape index (κ1) is 10.1. The van der Waals surface area contributed by atoms with Gasteiger partial charge in [-0.2, -0.15) is 8.78 Å². The van der Waals surface area contributed by atoms with Gasteiger partial charge in [0.05, 0.1) is 12.1 Å². The number of hydrogen-bond acceptors (Lipinski definition) is 2. The smallest absolute Gasteiger partial charge is 0.388 e. The Bertz CT molecular complexity index is 295. The van der Waals surface area contributed by atoms with Crippen LogP contribution in [-0.4, -0.2) is 11.6 Å². The lowest BCUT2D eigenvalue weighted by molar-refractivity contribution is -0.0534. The van der Waals surface area contributed by atoms with Gasteiger partial charge in [0.1, 0.15) is 5.82 Å². The summed E-state index contributed by atoms with van der Waals surface area (Å²) in [4.78, 5) is 3.33. The van der Waals surface area contributed by atoms with Crippen LogP contribution in [0.4, 0.5) is 13.2 Å². The average molecular weight is 212 g/mol. The lowest BCUT2D eigenvalue weighted by atomic mass is 10.3. The second-order valence-electron chi connectivity index (χ2n) is 2.13. The highest BCUT2D eigenvalue weighted by molar-refractivity contribution is 6.17. The number of alkyl halides is 3. The third-order valence-electron chi connectivity index (χ3n) is 1.24. The van der Waals surface area contributed by atoms with Crippen LogP contribution in [0.15, 0.2) is 12.3 Å². The molecule has 1 aromatic heterocycles. The van der Waals surface area contributed by atoms with Crippen molar-refractivity contribution < 1.29 is 17.9 Å². The van der Waals surface area contributed by atoms with Crippen LogP contribution in [0, 0.1) is 5.82 Å². The van der Waals surface area contributed by atoms with Crippen molar-refractivity contribution >= 4 is 11.6 Å². The molecule has 0 aliphatic carbocycles. The maximum absolute atomic E-state index is 12.5. The Hall–Kier alpha value is -0.970. The van der Waals surface area contributed by atoms with Crippen LogP contribution in [0.5, 0.6) is 5.88 Å². The molecule has 0 aliphatic heterocycles. The molecule has 0 saturated heterocycles. The maximum atomic E-state index is 12.5. The van der Waals surface area contributed by atoms with Crippen LogP contribution in [0.2, 0.25) is 0 Å². The van der Waals surface area contributed by atoms with E-state index in [1.165, 1.54) is 0 Å². The Morgan fingerprint density at radius 2 is 2.23 bits per heavy atom. The molecule has 0 amide bonds. The molecule has 0 saturated carbocycles. The Kier molecular flexibility index (Phi) is 3.36. The largest absolute Gasteiger partial charge is 0.417 e. The molecule has 2 nitrogen and oxygen atoms in total. The van der Waals surface area contributed by atoms with Crippen LogP contribution >= 0.6 is 11.6 Å². The first-order valence-electron chi connectivity index (χ1n) is 3.28. The van der Waals surface area contributed by atoms with Crippen molar-refractivity contribution in [3.8, 4) is 5.88 Å². The first-order chi connectivity index (χ1) is 6.13. The zero-order chi connectivity index (χ0) is 9.84. The maximum Gasteiger partial charge on any atom is 0.388 e. The van der Waals surface area contributed by atoms with Crippen LogP contribution < -0.4 is 4.74 Å². The average Bonchev–Trinajstić information content (AvgIpc) is 2.07. The molecule has 0 N–H and O–H groups in total. The predicted molar refractivity (Wildman–Crippen MR) is 40.4 cm³/mol. The fourth-order valence-electron chi connectivity index (χ4n) is 0.755. The van der Waals surface area contributed by atoms with E-state index >= 15 is 0 Å². The molecule has 0 bridgehead atoms. The number of nitrogens with zero attached hydrogens (tertiary/aromatic N) is 1. The van der Waals surface area contributed by atoms with E-state index in [-0.39, 0.29) is 17.3 Å². The third-order valence-corrected chi connectivity index (χ3v) is 1.52. The number of hydrogen-bond donors (Lipinski definition) is 0. The standard InChI is InChI=1S/C7H5ClF3NO/c8-2-4-1-5(9)3-12-6(4)13-7(10)11/h1,3,7H,2H2. The van der Waals surface area contributed by atoms with E-state index in [1.54, 1.807) is 0 Å². The highest BCUT2D eigenvalue weighted by Crippen LogP contribution is 2.19. The molecule has 1 heterocycles. The van der Waals surface area contributed by atoms with Gasteiger partial charge in [0.2, 0.25) is 5.88 Å². The van der Waals surface area contributed by atoms with Gasteiger partial charge in [-0.1, -0.05) is 0 Å². The molecule has 0 fully saturated rings. The molecule has 0 aliphatic rings. The predicted octanol–water partition coefficient (Wildman–Crippen LogP) is 2.56. The number of halogens is 4. The summed E-state index contributed by atoms with van der Waals surface area (Å²) in [6.45, 7) is -2.99. The van der Waals surface area contributed by atoms with Gasteiger partial charge in [-0.25, -0.2) is 9.37 Å². The van der Waals surface area contributed by atoms with Crippen molar-refractivity contribution in [1.82, 2.24) is 4.98 Å². The third kappa shape index (κ3) is 2.77. The second kappa shape index (κ2) is 4.32. The highest BCUT2D eigenvalue weighted by Gasteiger charge is 2.11. The van der Waals surface area contributed by atoms with Crippen molar-refractivity contribution in [1.29, 1.82) is 0 Å². The molecule has 6 heteroatoms. The van der Waals surface area contributed by atoms with E-state index in [2.05, 4.69) is 9.72 Å². The molecule has 13 heavy (non-hydrogen) atoms. The van der Waals surface area contributed by atoms with Crippen LogP contribution in [0.3, 0.4) is 0 Å². The fourth-order valence-corrected chi connectivity index (χ4v) is 0.946. The molecule has 72 valence electrons. The van der Waals surface area contributed by atoms with Gasteiger partial charge in [-0.15, -0.1) is 11.6 Å². The van der Waals surface area contributed by atoms with Crippen LogP contribution in [-0.2, 0) is 5.88 Å². The van der Waals surface area contributed by atoms with Gasteiger partial charge >= 0.3 is 6.61 Å². The van der Waals surface area contributed by atoms with Gasteiger partial charge in [0, 0.05) is 5.56 Å². The summed E-state index contributed by atoms with van der Waals surface area (Å²) >= 11 is 5.36. The van der Waals surface area contributed by atoms with Gasteiger partial charge in [-0.05, 0) is 6.07 Å². The minimum absolute atomic E-state index is 0.0990. The van der Waals surface area contributed by atoms with Crippen molar-refractivity contribution in [3.63, 3.8) is 0 Å². The fraction of sp³-hybridized carbons (Fsp3) is 0.286. The van der Waals surface area contributed by atoms with Crippen LogP contribution in [0.25, 0.3) is 0 Å². The SMILES string of the molecule is Fc1cnc(OC(F)F)c(CCl)c1. The van der Waals surface area contributed by atoms with Crippen LogP contribution in [0.1, 0.15) is 5.56 Å². The monoisotopic (exact) mass is 211 g/mol. The number of rotatable bonds is 3.